The lowest BCUT2D eigenvalue weighted by Gasteiger charge is -2.26. The van der Waals surface area contributed by atoms with Gasteiger partial charge in [-0.3, -0.25) is 0 Å². The maximum Gasteiger partial charge on any atom is 0.407 e. The third kappa shape index (κ3) is 5.36. The normalized spacial score (nSPS) is 21.5. The lowest BCUT2D eigenvalue weighted by molar-refractivity contribution is 0.0516. The molecule has 3 N–H and O–H groups in total. The van der Waals surface area contributed by atoms with Gasteiger partial charge in [0.2, 0.25) is 0 Å². The highest BCUT2D eigenvalue weighted by Crippen LogP contribution is 2.44. The highest BCUT2D eigenvalue weighted by Gasteiger charge is 2.38. The highest BCUT2D eigenvalue weighted by molar-refractivity contribution is 5.79. The van der Waals surface area contributed by atoms with E-state index < -0.39 is 17.8 Å². The van der Waals surface area contributed by atoms with Gasteiger partial charge in [0.05, 0.1) is 0 Å². The SMILES string of the molecule is CC(C)(C)OC(=O)NC[C@H]1CC[C@@H](CO)[C@@H]1NC(=O)OCC1c2ccccc2-c2ccccc21. The van der Waals surface area contributed by atoms with Crippen LogP contribution < -0.4 is 10.6 Å². The molecule has 2 aromatic rings. The van der Waals surface area contributed by atoms with Gasteiger partial charge in [0.15, 0.2) is 0 Å². The monoisotopic (exact) mass is 466 g/mol. The Morgan fingerprint density at radius 3 is 2.12 bits per heavy atom. The van der Waals surface area contributed by atoms with Gasteiger partial charge in [0, 0.05) is 31.0 Å². The minimum atomic E-state index is -0.577. The zero-order chi connectivity index (χ0) is 24.3. The second kappa shape index (κ2) is 10.1. The van der Waals surface area contributed by atoms with Crippen LogP contribution in [0, 0.1) is 11.8 Å². The molecule has 2 amide bonds. The summed E-state index contributed by atoms with van der Waals surface area (Å²) in [4.78, 5) is 24.8. The van der Waals surface area contributed by atoms with E-state index in [1.54, 1.807) is 0 Å². The zero-order valence-corrected chi connectivity index (χ0v) is 20.0. The van der Waals surface area contributed by atoms with E-state index in [1.807, 2.05) is 45.0 Å². The molecule has 0 unspecified atom stereocenters. The van der Waals surface area contributed by atoms with Crippen molar-refractivity contribution in [1.82, 2.24) is 10.6 Å². The molecule has 0 aromatic heterocycles. The van der Waals surface area contributed by atoms with Crippen LogP contribution in [0.15, 0.2) is 48.5 Å². The Balaban J connectivity index is 1.36. The van der Waals surface area contributed by atoms with Crippen LogP contribution in [0.4, 0.5) is 9.59 Å². The summed E-state index contributed by atoms with van der Waals surface area (Å²) in [6.45, 7) is 6.00. The molecule has 2 aromatic carbocycles. The fourth-order valence-electron chi connectivity index (χ4n) is 5.15. The van der Waals surface area contributed by atoms with E-state index in [0.717, 1.165) is 24.0 Å². The molecule has 0 saturated heterocycles. The lowest BCUT2D eigenvalue weighted by atomic mass is 9.98. The summed E-state index contributed by atoms with van der Waals surface area (Å²) in [5, 5.41) is 15.6. The first kappa shape index (κ1) is 24.1. The van der Waals surface area contributed by atoms with Crippen molar-refractivity contribution in [3.05, 3.63) is 59.7 Å². The molecule has 182 valence electrons. The Morgan fingerprint density at radius 2 is 1.53 bits per heavy atom. The fraction of sp³-hybridized carbons (Fsp3) is 0.481. The Morgan fingerprint density at radius 1 is 0.941 bits per heavy atom. The average molecular weight is 467 g/mol. The van der Waals surface area contributed by atoms with Gasteiger partial charge in [0.1, 0.15) is 12.2 Å². The second-order valence-electron chi connectivity index (χ2n) is 10.2. The molecule has 7 heteroatoms. The average Bonchev–Trinajstić information content (AvgIpc) is 3.33. The van der Waals surface area contributed by atoms with E-state index in [4.69, 9.17) is 9.47 Å². The number of amides is 2. The molecule has 0 heterocycles. The van der Waals surface area contributed by atoms with Crippen molar-refractivity contribution in [3.63, 3.8) is 0 Å². The number of rotatable bonds is 6. The number of aliphatic hydroxyl groups is 1. The van der Waals surface area contributed by atoms with Crippen molar-refractivity contribution in [1.29, 1.82) is 0 Å². The van der Waals surface area contributed by atoms with Crippen molar-refractivity contribution >= 4 is 12.2 Å². The van der Waals surface area contributed by atoms with Crippen molar-refractivity contribution in [2.24, 2.45) is 11.8 Å². The number of aliphatic hydroxyl groups excluding tert-OH is 1. The Kier molecular flexibility index (Phi) is 7.12. The molecule has 0 aliphatic heterocycles. The first-order valence-corrected chi connectivity index (χ1v) is 12.0. The molecule has 0 radical (unpaired) electrons. The minimum Gasteiger partial charge on any atom is -0.449 e. The summed E-state index contributed by atoms with van der Waals surface area (Å²) < 4.78 is 11.0. The van der Waals surface area contributed by atoms with Gasteiger partial charge >= 0.3 is 12.2 Å². The predicted molar refractivity (Wildman–Crippen MR) is 130 cm³/mol. The van der Waals surface area contributed by atoms with Crippen molar-refractivity contribution in [2.45, 2.75) is 51.2 Å². The number of carbonyl (C=O) groups is 2. The number of benzene rings is 2. The Labute approximate surface area is 200 Å². The molecule has 3 atom stereocenters. The number of alkyl carbamates (subject to hydrolysis) is 2. The summed E-state index contributed by atoms with van der Waals surface area (Å²) in [6, 6.07) is 16.1. The molecule has 2 aliphatic carbocycles. The fourth-order valence-corrected chi connectivity index (χ4v) is 5.15. The summed E-state index contributed by atoms with van der Waals surface area (Å²) in [6.07, 6.45) is 0.565. The molecule has 0 spiro atoms. The number of hydrogen-bond acceptors (Lipinski definition) is 5. The maximum atomic E-state index is 12.8. The summed E-state index contributed by atoms with van der Waals surface area (Å²) in [7, 11) is 0. The smallest absolute Gasteiger partial charge is 0.407 e. The van der Waals surface area contributed by atoms with Crippen LogP contribution in [0.5, 0.6) is 0 Å². The number of ether oxygens (including phenoxy) is 2. The number of carbonyl (C=O) groups excluding carboxylic acids is 2. The summed E-state index contributed by atoms with van der Waals surface area (Å²) in [5.41, 5.74) is 4.09. The van der Waals surface area contributed by atoms with Crippen LogP contribution in [-0.4, -0.2) is 48.7 Å². The molecular formula is C27H34N2O5. The first-order valence-electron chi connectivity index (χ1n) is 12.0. The van der Waals surface area contributed by atoms with Gasteiger partial charge in [-0.15, -0.1) is 0 Å². The molecule has 34 heavy (non-hydrogen) atoms. The van der Waals surface area contributed by atoms with E-state index in [0.29, 0.717) is 6.54 Å². The third-order valence-electron chi connectivity index (χ3n) is 6.69. The van der Waals surface area contributed by atoms with E-state index in [-0.39, 0.29) is 37.0 Å². The van der Waals surface area contributed by atoms with Crippen LogP contribution in [0.1, 0.15) is 50.7 Å². The zero-order valence-electron chi connectivity index (χ0n) is 20.0. The first-order chi connectivity index (χ1) is 16.3. The van der Waals surface area contributed by atoms with E-state index in [2.05, 4.69) is 34.9 Å². The van der Waals surface area contributed by atoms with Crippen LogP contribution in [-0.2, 0) is 9.47 Å². The van der Waals surface area contributed by atoms with E-state index in [9.17, 15) is 14.7 Å². The Bertz CT molecular complexity index is 986. The second-order valence-corrected chi connectivity index (χ2v) is 10.2. The molecule has 0 bridgehead atoms. The van der Waals surface area contributed by atoms with Crippen LogP contribution in [0.25, 0.3) is 11.1 Å². The topological polar surface area (TPSA) is 96.9 Å². The van der Waals surface area contributed by atoms with E-state index in [1.165, 1.54) is 11.1 Å². The third-order valence-corrected chi connectivity index (χ3v) is 6.69. The predicted octanol–water partition coefficient (Wildman–Crippen LogP) is 4.44. The summed E-state index contributed by atoms with van der Waals surface area (Å²) >= 11 is 0. The van der Waals surface area contributed by atoms with Crippen LogP contribution in [0.3, 0.4) is 0 Å². The van der Waals surface area contributed by atoms with Crippen LogP contribution >= 0.6 is 0 Å². The van der Waals surface area contributed by atoms with Gasteiger partial charge in [-0.1, -0.05) is 48.5 Å². The maximum absolute atomic E-state index is 12.8. The van der Waals surface area contributed by atoms with E-state index >= 15 is 0 Å². The quantitative estimate of drug-likeness (QED) is 0.585. The van der Waals surface area contributed by atoms with Gasteiger partial charge in [0.25, 0.3) is 0 Å². The number of fused-ring (bicyclic) bond motifs is 3. The molecule has 7 nitrogen and oxygen atoms in total. The molecule has 4 rings (SSSR count). The standard InChI is InChI=1S/C27H34N2O5/c1-27(2,3)34-25(31)28-14-17-12-13-18(15-30)24(17)29-26(32)33-16-23-21-10-6-4-8-19(21)20-9-5-7-11-22(20)23/h4-11,17-18,23-24,30H,12-16H2,1-3H3,(H,28,31)(H,29,32)/t17-,18+,24-/m1/s1. The number of hydrogen-bond donors (Lipinski definition) is 3. The largest absolute Gasteiger partial charge is 0.449 e. The highest BCUT2D eigenvalue weighted by atomic mass is 16.6. The molecule has 1 saturated carbocycles. The van der Waals surface area contributed by atoms with Gasteiger partial charge in [-0.2, -0.15) is 0 Å². The summed E-state index contributed by atoms with van der Waals surface area (Å²) in [5.74, 6) is -0.101. The van der Waals surface area contributed by atoms with Crippen molar-refractivity contribution in [2.75, 3.05) is 19.8 Å². The van der Waals surface area contributed by atoms with Gasteiger partial charge in [-0.25, -0.2) is 9.59 Å². The lowest BCUT2D eigenvalue weighted by Crippen LogP contribution is -2.46. The molecular weight excluding hydrogens is 432 g/mol. The van der Waals surface area contributed by atoms with Crippen molar-refractivity contribution < 1.29 is 24.2 Å². The van der Waals surface area contributed by atoms with Gasteiger partial charge < -0.3 is 25.2 Å². The minimum absolute atomic E-state index is 0.00912. The Hall–Kier alpha value is -3.06. The van der Waals surface area contributed by atoms with Gasteiger partial charge in [-0.05, 0) is 61.8 Å². The molecule has 2 aliphatic rings. The van der Waals surface area contributed by atoms with Crippen LogP contribution in [0.2, 0.25) is 0 Å². The molecule has 1 fully saturated rings. The van der Waals surface area contributed by atoms with Crippen molar-refractivity contribution in [3.8, 4) is 11.1 Å². The number of nitrogens with one attached hydrogen (secondary N) is 2.